The van der Waals surface area contributed by atoms with Gasteiger partial charge in [-0.2, -0.15) is 5.10 Å². The maximum absolute atomic E-state index is 13.1. The quantitative estimate of drug-likeness (QED) is 0.710. The number of nitrogens with zero attached hydrogens (tertiary/aromatic N) is 5. The first-order valence-electron chi connectivity index (χ1n) is 9.24. The van der Waals surface area contributed by atoms with Gasteiger partial charge in [0.05, 0.1) is 11.6 Å². The zero-order valence-corrected chi connectivity index (χ0v) is 16.0. The molecule has 1 aliphatic rings. The normalized spacial score (nSPS) is 14.4. The Morgan fingerprint density at radius 1 is 1.21 bits per heavy atom. The summed E-state index contributed by atoms with van der Waals surface area (Å²) in [5, 5.41) is 8.23. The van der Waals surface area contributed by atoms with Crippen LogP contribution in [-0.4, -0.2) is 38.7 Å². The van der Waals surface area contributed by atoms with E-state index in [0.29, 0.717) is 11.2 Å². The number of fused-ring (bicyclic) bond motifs is 1. The lowest BCUT2D eigenvalue weighted by Crippen LogP contribution is -2.30. The summed E-state index contributed by atoms with van der Waals surface area (Å²) in [6.45, 7) is 2.18. The van der Waals surface area contributed by atoms with Gasteiger partial charge in [0.15, 0.2) is 5.65 Å². The molecule has 1 N–H and O–H groups in total. The predicted molar refractivity (Wildman–Crippen MR) is 105 cm³/mol. The maximum Gasteiger partial charge on any atom is 0.242 e. The van der Waals surface area contributed by atoms with Crippen molar-refractivity contribution in [3.05, 3.63) is 47.1 Å². The fraction of sp³-hybridized carbons (Fsp3) is 0.368. The van der Waals surface area contributed by atoms with Crippen LogP contribution in [0, 0.1) is 5.82 Å². The highest BCUT2D eigenvalue weighted by Gasteiger charge is 2.18. The van der Waals surface area contributed by atoms with Crippen LogP contribution in [0.15, 0.2) is 30.7 Å². The third kappa shape index (κ3) is 3.91. The van der Waals surface area contributed by atoms with Gasteiger partial charge < -0.3 is 10.2 Å². The van der Waals surface area contributed by atoms with E-state index in [1.165, 1.54) is 24.9 Å². The van der Waals surface area contributed by atoms with Crippen molar-refractivity contribution in [1.82, 2.24) is 25.1 Å². The molecule has 7 nitrogen and oxygen atoms in total. The predicted octanol–water partition coefficient (Wildman–Crippen LogP) is 2.93. The second-order valence-electron chi connectivity index (χ2n) is 6.80. The number of aromatic nitrogens is 4. The third-order valence-electron chi connectivity index (χ3n) is 4.85. The van der Waals surface area contributed by atoms with E-state index in [1.54, 1.807) is 16.9 Å². The number of nitrogens with one attached hydrogen (secondary N) is 1. The lowest BCUT2D eigenvalue weighted by atomic mass is 10.1. The highest BCUT2D eigenvalue weighted by Crippen LogP contribution is 2.25. The highest BCUT2D eigenvalue weighted by atomic mass is 35.5. The average molecular weight is 403 g/mol. The minimum atomic E-state index is -0.410. The molecule has 3 heterocycles. The molecule has 146 valence electrons. The van der Waals surface area contributed by atoms with Crippen molar-refractivity contribution in [1.29, 1.82) is 0 Å². The van der Waals surface area contributed by atoms with E-state index in [9.17, 15) is 9.18 Å². The van der Waals surface area contributed by atoms with Gasteiger partial charge in [-0.1, -0.05) is 17.7 Å². The van der Waals surface area contributed by atoms with Gasteiger partial charge in [-0.25, -0.2) is 19.0 Å². The lowest BCUT2D eigenvalue weighted by Gasteiger charge is -2.27. The minimum Gasteiger partial charge on any atom is -0.356 e. The molecular weight excluding hydrogens is 383 g/mol. The summed E-state index contributed by atoms with van der Waals surface area (Å²) in [5.74, 6) is 0.227. The molecule has 1 aromatic carbocycles. The Hall–Kier alpha value is -2.74. The van der Waals surface area contributed by atoms with E-state index in [0.717, 1.165) is 37.1 Å². The number of benzene rings is 1. The number of hydrogen-bond donors (Lipinski definition) is 1. The van der Waals surface area contributed by atoms with Gasteiger partial charge >= 0.3 is 0 Å². The second-order valence-corrected chi connectivity index (χ2v) is 7.20. The number of hydrogen-bond acceptors (Lipinski definition) is 5. The fourth-order valence-electron chi connectivity index (χ4n) is 3.40. The molecule has 0 aliphatic carbocycles. The standard InChI is InChI=1S/C19H20ClFN6O/c20-16-8-14(21)5-4-13(16)9-22-17(28)11-27-19-15(10-25-27)18(23-12-24-19)26-6-2-1-3-7-26/h4-5,8,10,12H,1-3,6-7,9,11H2,(H,22,28). The average Bonchev–Trinajstić information content (AvgIpc) is 3.11. The largest absolute Gasteiger partial charge is 0.356 e. The first kappa shape index (κ1) is 18.6. The third-order valence-corrected chi connectivity index (χ3v) is 5.20. The molecule has 0 spiro atoms. The first-order chi connectivity index (χ1) is 13.6. The molecule has 0 radical (unpaired) electrons. The van der Waals surface area contributed by atoms with Crippen molar-refractivity contribution in [2.45, 2.75) is 32.4 Å². The summed E-state index contributed by atoms with van der Waals surface area (Å²) in [5.41, 5.74) is 1.28. The van der Waals surface area contributed by atoms with Gasteiger partial charge in [-0.15, -0.1) is 0 Å². The molecule has 1 fully saturated rings. The van der Waals surface area contributed by atoms with Crippen LogP contribution in [0.1, 0.15) is 24.8 Å². The molecule has 0 saturated carbocycles. The number of halogens is 2. The van der Waals surface area contributed by atoms with Crippen LogP contribution in [0.25, 0.3) is 11.0 Å². The number of carbonyl (C=O) groups excluding carboxylic acids is 1. The molecular formula is C19H20ClFN6O. The summed E-state index contributed by atoms with van der Waals surface area (Å²) in [7, 11) is 0. The molecule has 3 aromatic rings. The van der Waals surface area contributed by atoms with Crippen LogP contribution < -0.4 is 10.2 Å². The Morgan fingerprint density at radius 3 is 2.82 bits per heavy atom. The molecule has 28 heavy (non-hydrogen) atoms. The molecule has 1 aliphatic heterocycles. The van der Waals surface area contributed by atoms with Crippen LogP contribution in [-0.2, 0) is 17.9 Å². The number of piperidine rings is 1. The summed E-state index contributed by atoms with van der Waals surface area (Å²) in [6.07, 6.45) is 6.76. The summed E-state index contributed by atoms with van der Waals surface area (Å²) >= 11 is 5.99. The number of anilines is 1. The van der Waals surface area contributed by atoms with Gasteiger partial charge in [-0.05, 0) is 37.0 Å². The van der Waals surface area contributed by atoms with Crippen LogP contribution >= 0.6 is 11.6 Å². The van der Waals surface area contributed by atoms with Crippen LogP contribution in [0.5, 0.6) is 0 Å². The van der Waals surface area contributed by atoms with Gasteiger partial charge in [0.25, 0.3) is 0 Å². The van der Waals surface area contributed by atoms with Gasteiger partial charge in [-0.3, -0.25) is 4.79 Å². The molecule has 0 atom stereocenters. The van der Waals surface area contributed by atoms with Gasteiger partial charge in [0, 0.05) is 24.7 Å². The lowest BCUT2D eigenvalue weighted by molar-refractivity contribution is -0.121. The molecule has 1 saturated heterocycles. The summed E-state index contributed by atoms with van der Waals surface area (Å²) in [6, 6.07) is 4.09. The molecule has 9 heteroatoms. The molecule has 0 unspecified atom stereocenters. The van der Waals surface area contributed by atoms with Gasteiger partial charge in [0.1, 0.15) is 24.5 Å². The Morgan fingerprint density at radius 2 is 2.04 bits per heavy atom. The van der Waals surface area contributed by atoms with E-state index in [-0.39, 0.29) is 24.0 Å². The second kappa shape index (κ2) is 8.10. The topological polar surface area (TPSA) is 75.9 Å². The first-order valence-corrected chi connectivity index (χ1v) is 9.62. The van der Waals surface area contributed by atoms with E-state index < -0.39 is 5.82 Å². The molecule has 0 bridgehead atoms. The SMILES string of the molecule is O=C(Cn1ncc2c(N3CCCCC3)ncnc21)NCc1ccc(F)cc1Cl. The zero-order valence-electron chi connectivity index (χ0n) is 15.2. The monoisotopic (exact) mass is 402 g/mol. The molecule has 1 amide bonds. The molecule has 4 rings (SSSR count). The number of carbonyl (C=O) groups is 1. The van der Waals surface area contributed by atoms with Crippen LogP contribution in [0.2, 0.25) is 5.02 Å². The maximum atomic E-state index is 13.1. The fourth-order valence-corrected chi connectivity index (χ4v) is 3.64. The number of rotatable bonds is 5. The van der Waals surface area contributed by atoms with Crippen molar-refractivity contribution in [3.8, 4) is 0 Å². The Labute approximate surface area is 166 Å². The van der Waals surface area contributed by atoms with Crippen molar-refractivity contribution in [2.24, 2.45) is 0 Å². The number of amides is 1. The van der Waals surface area contributed by atoms with Crippen LogP contribution in [0.4, 0.5) is 10.2 Å². The summed E-state index contributed by atoms with van der Waals surface area (Å²) < 4.78 is 14.7. The highest BCUT2D eigenvalue weighted by molar-refractivity contribution is 6.31. The van der Waals surface area contributed by atoms with Crippen molar-refractivity contribution >= 4 is 34.4 Å². The zero-order chi connectivity index (χ0) is 19.5. The van der Waals surface area contributed by atoms with E-state index in [2.05, 4.69) is 25.3 Å². The minimum absolute atomic E-state index is 0.0266. The van der Waals surface area contributed by atoms with E-state index in [4.69, 9.17) is 11.6 Å². The van der Waals surface area contributed by atoms with Crippen molar-refractivity contribution < 1.29 is 9.18 Å². The van der Waals surface area contributed by atoms with Crippen molar-refractivity contribution in [2.75, 3.05) is 18.0 Å². The Balaban J connectivity index is 1.46. The van der Waals surface area contributed by atoms with Gasteiger partial charge in [0.2, 0.25) is 5.91 Å². The Bertz CT molecular complexity index is 1000. The molecule has 2 aromatic heterocycles. The van der Waals surface area contributed by atoms with Crippen LogP contribution in [0.3, 0.4) is 0 Å². The van der Waals surface area contributed by atoms with E-state index >= 15 is 0 Å². The van der Waals surface area contributed by atoms with Crippen molar-refractivity contribution in [3.63, 3.8) is 0 Å². The summed E-state index contributed by atoms with van der Waals surface area (Å²) in [4.78, 5) is 23.3. The Kier molecular flexibility index (Phi) is 5.38. The smallest absolute Gasteiger partial charge is 0.242 e. The van der Waals surface area contributed by atoms with E-state index in [1.807, 2.05) is 0 Å².